The normalized spacial score (nSPS) is 10.4. The molecule has 0 spiro atoms. The van der Waals surface area contributed by atoms with Crippen molar-refractivity contribution < 1.29 is 23.6 Å². The lowest BCUT2D eigenvalue weighted by Gasteiger charge is -2.08. The average molecular weight is 360 g/mol. The van der Waals surface area contributed by atoms with Crippen molar-refractivity contribution in [2.75, 3.05) is 13.2 Å². The number of carbonyl (C=O) groups is 2. The van der Waals surface area contributed by atoms with Crippen LogP contribution < -0.4 is 10.1 Å². The lowest BCUT2D eigenvalue weighted by atomic mass is 10.2. The van der Waals surface area contributed by atoms with Crippen molar-refractivity contribution in [2.24, 2.45) is 0 Å². The van der Waals surface area contributed by atoms with Crippen LogP contribution in [-0.4, -0.2) is 30.2 Å². The highest BCUT2D eigenvalue weighted by molar-refractivity contribution is 5.94. The number of esters is 1. The molecule has 2 rings (SSSR count). The Kier molecular flexibility index (Phi) is 7.20. The zero-order valence-corrected chi connectivity index (χ0v) is 15.3. The highest BCUT2D eigenvalue weighted by Gasteiger charge is 2.10. The van der Waals surface area contributed by atoms with Gasteiger partial charge in [0, 0.05) is 18.5 Å². The zero-order chi connectivity index (χ0) is 18.9. The van der Waals surface area contributed by atoms with Crippen LogP contribution >= 0.6 is 0 Å². The van der Waals surface area contributed by atoms with Crippen LogP contribution in [0.1, 0.15) is 47.1 Å². The second-order valence-corrected chi connectivity index (χ2v) is 5.78. The van der Waals surface area contributed by atoms with Gasteiger partial charge in [0.05, 0.1) is 17.9 Å². The molecule has 140 valence electrons. The molecule has 0 aliphatic carbocycles. The van der Waals surface area contributed by atoms with Crippen LogP contribution in [0.25, 0.3) is 0 Å². The maximum Gasteiger partial charge on any atom is 0.305 e. The minimum atomic E-state index is -0.249. The first-order valence-electron chi connectivity index (χ1n) is 8.59. The third-order valence-corrected chi connectivity index (χ3v) is 3.83. The predicted molar refractivity (Wildman–Crippen MR) is 95.0 cm³/mol. The molecule has 0 fully saturated rings. The lowest BCUT2D eigenvalue weighted by molar-refractivity contribution is -0.143. The first kappa shape index (κ1) is 19.5. The Bertz CT molecular complexity index is 717. The van der Waals surface area contributed by atoms with Gasteiger partial charge in [-0.05, 0) is 51.5 Å². The molecule has 1 N–H and O–H groups in total. The van der Waals surface area contributed by atoms with Gasteiger partial charge in [-0.15, -0.1) is 0 Å². The van der Waals surface area contributed by atoms with Crippen molar-refractivity contribution in [1.29, 1.82) is 0 Å². The summed E-state index contributed by atoms with van der Waals surface area (Å²) in [6.07, 6.45) is 0.839. The topological polar surface area (TPSA) is 90.7 Å². The quantitative estimate of drug-likeness (QED) is 0.546. The van der Waals surface area contributed by atoms with Gasteiger partial charge >= 0.3 is 5.97 Å². The van der Waals surface area contributed by atoms with Gasteiger partial charge < -0.3 is 19.3 Å². The summed E-state index contributed by atoms with van der Waals surface area (Å²) in [5.74, 6) is 0.956. The number of hydrogen-bond donors (Lipinski definition) is 1. The second kappa shape index (κ2) is 9.60. The van der Waals surface area contributed by atoms with Crippen LogP contribution in [0.2, 0.25) is 0 Å². The van der Waals surface area contributed by atoms with Gasteiger partial charge in [-0.2, -0.15) is 0 Å². The molecule has 2 aromatic rings. The summed E-state index contributed by atoms with van der Waals surface area (Å²) in [4.78, 5) is 23.3. The van der Waals surface area contributed by atoms with Crippen LogP contribution in [0.3, 0.4) is 0 Å². The fourth-order valence-corrected chi connectivity index (χ4v) is 2.34. The van der Waals surface area contributed by atoms with Gasteiger partial charge in [0.2, 0.25) is 0 Å². The molecule has 0 saturated carbocycles. The molecular formula is C19H24N2O5. The number of rotatable bonds is 9. The summed E-state index contributed by atoms with van der Waals surface area (Å²) < 4.78 is 15.6. The minimum Gasteiger partial charge on any atom is -0.489 e. The van der Waals surface area contributed by atoms with Gasteiger partial charge in [0.25, 0.3) is 5.91 Å². The molecule has 26 heavy (non-hydrogen) atoms. The Morgan fingerprint density at radius 3 is 2.54 bits per heavy atom. The largest absolute Gasteiger partial charge is 0.489 e. The Morgan fingerprint density at radius 1 is 1.19 bits per heavy atom. The van der Waals surface area contributed by atoms with Crippen LogP contribution in [0.15, 0.2) is 28.8 Å². The van der Waals surface area contributed by atoms with Gasteiger partial charge in [-0.25, -0.2) is 0 Å². The van der Waals surface area contributed by atoms with Crippen molar-refractivity contribution in [2.45, 2.75) is 40.2 Å². The number of ether oxygens (including phenoxy) is 2. The number of carbonyl (C=O) groups excluding carboxylic acids is 2. The standard InChI is InChI=1S/C19H24N2O5/c1-4-24-18(22)6-5-11-20-19(23)15-7-9-16(10-8-15)25-12-17-13(2)21-26-14(17)3/h7-10H,4-6,11-12H2,1-3H3,(H,20,23). The first-order chi connectivity index (χ1) is 12.5. The van der Waals surface area contributed by atoms with E-state index >= 15 is 0 Å². The first-order valence-corrected chi connectivity index (χ1v) is 8.59. The third kappa shape index (κ3) is 5.61. The number of benzene rings is 1. The van der Waals surface area contributed by atoms with Gasteiger partial charge in [-0.1, -0.05) is 5.16 Å². The van der Waals surface area contributed by atoms with E-state index in [9.17, 15) is 9.59 Å². The number of aromatic nitrogens is 1. The highest BCUT2D eigenvalue weighted by Crippen LogP contribution is 2.18. The average Bonchev–Trinajstić information content (AvgIpc) is 2.95. The summed E-state index contributed by atoms with van der Waals surface area (Å²) in [6.45, 7) is 6.62. The van der Waals surface area contributed by atoms with Crippen molar-refractivity contribution in [3.05, 3.63) is 46.8 Å². The van der Waals surface area contributed by atoms with Gasteiger partial charge in [-0.3, -0.25) is 9.59 Å². The van der Waals surface area contributed by atoms with Crippen molar-refractivity contribution in [1.82, 2.24) is 10.5 Å². The fourth-order valence-electron chi connectivity index (χ4n) is 2.34. The molecule has 1 amide bonds. The molecule has 0 aliphatic rings. The maximum atomic E-state index is 12.1. The molecule has 1 aromatic carbocycles. The number of nitrogens with one attached hydrogen (secondary N) is 1. The van der Waals surface area contributed by atoms with Gasteiger partial charge in [0.1, 0.15) is 18.1 Å². The maximum absolute atomic E-state index is 12.1. The fraction of sp³-hybridized carbons (Fsp3) is 0.421. The molecule has 1 heterocycles. The summed E-state index contributed by atoms with van der Waals surface area (Å²) in [5, 5.41) is 6.66. The van der Waals surface area contributed by atoms with Crippen molar-refractivity contribution in [3.63, 3.8) is 0 Å². The number of nitrogens with zero attached hydrogens (tertiary/aromatic N) is 1. The Balaban J connectivity index is 1.77. The summed E-state index contributed by atoms with van der Waals surface area (Å²) >= 11 is 0. The molecule has 7 heteroatoms. The van der Waals surface area contributed by atoms with Crippen molar-refractivity contribution >= 4 is 11.9 Å². The minimum absolute atomic E-state index is 0.189. The monoisotopic (exact) mass is 360 g/mol. The van der Waals surface area contributed by atoms with E-state index in [2.05, 4.69) is 10.5 Å². The van der Waals surface area contributed by atoms with E-state index < -0.39 is 0 Å². The SMILES string of the molecule is CCOC(=O)CCCNC(=O)c1ccc(OCc2c(C)noc2C)cc1. The second-order valence-electron chi connectivity index (χ2n) is 5.78. The van der Waals surface area contributed by atoms with Crippen molar-refractivity contribution in [3.8, 4) is 5.75 Å². The van der Waals surface area contributed by atoms with E-state index in [-0.39, 0.29) is 11.9 Å². The molecule has 0 atom stereocenters. The Labute approximate surface area is 152 Å². The smallest absolute Gasteiger partial charge is 0.305 e. The Morgan fingerprint density at radius 2 is 1.92 bits per heavy atom. The molecule has 0 aliphatic heterocycles. The molecule has 1 aromatic heterocycles. The summed E-state index contributed by atoms with van der Waals surface area (Å²) in [6, 6.07) is 6.88. The van der Waals surface area contributed by atoms with E-state index in [0.29, 0.717) is 43.9 Å². The molecule has 0 unspecified atom stereocenters. The summed E-state index contributed by atoms with van der Waals surface area (Å²) in [7, 11) is 0. The number of amides is 1. The number of hydrogen-bond acceptors (Lipinski definition) is 6. The Hall–Kier alpha value is -2.83. The van der Waals surface area contributed by atoms with Crippen LogP contribution in [-0.2, 0) is 16.1 Å². The van der Waals surface area contributed by atoms with Crippen LogP contribution in [0, 0.1) is 13.8 Å². The third-order valence-electron chi connectivity index (χ3n) is 3.83. The zero-order valence-electron chi connectivity index (χ0n) is 15.3. The predicted octanol–water partition coefficient (Wildman–Crippen LogP) is 2.94. The lowest BCUT2D eigenvalue weighted by Crippen LogP contribution is -2.25. The highest BCUT2D eigenvalue weighted by atomic mass is 16.5. The van der Waals surface area contributed by atoms with Crippen LogP contribution in [0.5, 0.6) is 5.75 Å². The van der Waals surface area contributed by atoms with Gasteiger partial charge in [0.15, 0.2) is 0 Å². The van der Waals surface area contributed by atoms with E-state index in [1.807, 2.05) is 13.8 Å². The molecule has 0 bridgehead atoms. The van der Waals surface area contributed by atoms with E-state index in [1.54, 1.807) is 31.2 Å². The number of aryl methyl sites for hydroxylation is 2. The summed E-state index contributed by atoms with van der Waals surface area (Å²) in [5.41, 5.74) is 2.26. The van der Waals surface area contributed by atoms with E-state index in [1.165, 1.54) is 0 Å². The molecule has 0 saturated heterocycles. The molecule has 0 radical (unpaired) electrons. The molecular weight excluding hydrogens is 336 g/mol. The molecule has 7 nitrogen and oxygen atoms in total. The van der Waals surface area contributed by atoms with E-state index in [4.69, 9.17) is 14.0 Å². The van der Waals surface area contributed by atoms with E-state index in [0.717, 1.165) is 17.0 Å². The van der Waals surface area contributed by atoms with Crippen LogP contribution in [0.4, 0.5) is 0 Å².